The molecule has 108 valence electrons. The number of aromatic nitrogens is 1. The van der Waals surface area contributed by atoms with E-state index < -0.39 is 10.0 Å². The third-order valence-corrected chi connectivity index (χ3v) is 5.76. The molecule has 1 saturated carbocycles. The van der Waals surface area contributed by atoms with Crippen LogP contribution in [0.25, 0.3) is 0 Å². The maximum atomic E-state index is 12.7. The van der Waals surface area contributed by atoms with Crippen molar-refractivity contribution in [1.82, 2.24) is 9.29 Å². The summed E-state index contributed by atoms with van der Waals surface area (Å²) in [5.41, 5.74) is 0.227. The van der Waals surface area contributed by atoms with Crippen molar-refractivity contribution < 1.29 is 8.42 Å². The third-order valence-electron chi connectivity index (χ3n) is 3.75. The molecule has 0 unspecified atom stereocenters. The minimum Gasteiger partial charge on any atom is -0.244 e. The van der Waals surface area contributed by atoms with Gasteiger partial charge in [-0.3, -0.25) is 0 Å². The molecule has 0 spiro atoms. The lowest BCUT2D eigenvalue weighted by Crippen LogP contribution is -2.41. The summed E-state index contributed by atoms with van der Waals surface area (Å²) in [5, 5.41) is 8.72. The molecular weight excluding hydrogens is 274 g/mol. The normalized spacial score (nSPS) is 17.1. The van der Waals surface area contributed by atoms with Gasteiger partial charge in [0.1, 0.15) is 16.7 Å². The highest BCUT2D eigenvalue weighted by atomic mass is 32.2. The average molecular weight is 293 g/mol. The highest BCUT2D eigenvalue weighted by Gasteiger charge is 2.31. The molecule has 0 amide bonds. The molecule has 0 saturated heterocycles. The number of hydrogen-bond acceptors (Lipinski definition) is 4. The van der Waals surface area contributed by atoms with Gasteiger partial charge in [0.25, 0.3) is 0 Å². The summed E-state index contributed by atoms with van der Waals surface area (Å²) in [6.45, 7) is 2.33. The maximum Gasteiger partial charge on any atom is 0.244 e. The molecule has 1 fully saturated rings. The molecule has 2 rings (SSSR count). The smallest absolute Gasteiger partial charge is 0.244 e. The standard InChI is InChI=1S/C14H19N3O2S/c1-2-17(13-6-4-3-5-7-13)20(18,19)14-9-8-12(10-15)16-11-14/h8-9,11,13H,2-7H2,1H3. The molecule has 5 nitrogen and oxygen atoms in total. The molecule has 1 aromatic heterocycles. The zero-order valence-electron chi connectivity index (χ0n) is 11.6. The van der Waals surface area contributed by atoms with Crippen LogP contribution in [0.5, 0.6) is 0 Å². The molecule has 0 atom stereocenters. The first kappa shape index (κ1) is 14.9. The molecule has 0 N–H and O–H groups in total. The van der Waals surface area contributed by atoms with Crippen LogP contribution in [0.15, 0.2) is 23.2 Å². The number of rotatable bonds is 4. The van der Waals surface area contributed by atoms with Gasteiger partial charge < -0.3 is 0 Å². The van der Waals surface area contributed by atoms with E-state index in [9.17, 15) is 8.42 Å². The number of hydrogen-bond donors (Lipinski definition) is 0. The second kappa shape index (κ2) is 6.33. The van der Waals surface area contributed by atoms with E-state index in [1.54, 1.807) is 4.31 Å². The number of pyridine rings is 1. The van der Waals surface area contributed by atoms with Crippen molar-refractivity contribution in [2.45, 2.75) is 50.0 Å². The van der Waals surface area contributed by atoms with E-state index in [0.717, 1.165) is 25.7 Å². The van der Waals surface area contributed by atoms with E-state index in [1.807, 2.05) is 13.0 Å². The van der Waals surface area contributed by atoms with Crippen LogP contribution in [0, 0.1) is 11.3 Å². The van der Waals surface area contributed by atoms with Crippen LogP contribution in [-0.4, -0.2) is 30.3 Å². The molecular formula is C14H19N3O2S. The quantitative estimate of drug-likeness (QED) is 0.853. The Morgan fingerprint density at radius 2 is 2.05 bits per heavy atom. The number of sulfonamides is 1. The van der Waals surface area contributed by atoms with Gasteiger partial charge in [0.15, 0.2) is 0 Å². The molecule has 20 heavy (non-hydrogen) atoms. The minimum atomic E-state index is -3.51. The van der Waals surface area contributed by atoms with Crippen molar-refractivity contribution in [3.63, 3.8) is 0 Å². The Morgan fingerprint density at radius 1 is 1.35 bits per heavy atom. The fourth-order valence-electron chi connectivity index (χ4n) is 2.73. The molecule has 1 aromatic rings. The SMILES string of the molecule is CCN(C1CCCCC1)S(=O)(=O)c1ccc(C#N)nc1. The third kappa shape index (κ3) is 3.00. The first-order valence-electron chi connectivity index (χ1n) is 6.97. The van der Waals surface area contributed by atoms with Crippen molar-refractivity contribution in [3.8, 4) is 6.07 Å². The lowest BCUT2D eigenvalue weighted by atomic mass is 9.95. The Morgan fingerprint density at radius 3 is 2.55 bits per heavy atom. The van der Waals surface area contributed by atoms with Gasteiger partial charge in [-0.25, -0.2) is 13.4 Å². The van der Waals surface area contributed by atoms with Gasteiger partial charge in [0, 0.05) is 18.8 Å². The summed E-state index contributed by atoms with van der Waals surface area (Å²) in [4.78, 5) is 4.03. The summed E-state index contributed by atoms with van der Waals surface area (Å²) in [6, 6.07) is 4.90. The predicted molar refractivity (Wildman–Crippen MR) is 75.4 cm³/mol. The van der Waals surface area contributed by atoms with Crippen LogP contribution in [0.4, 0.5) is 0 Å². The van der Waals surface area contributed by atoms with E-state index >= 15 is 0 Å². The predicted octanol–water partition coefficient (Wildman–Crippen LogP) is 2.30. The van der Waals surface area contributed by atoms with E-state index in [2.05, 4.69) is 4.98 Å². The highest BCUT2D eigenvalue weighted by Crippen LogP contribution is 2.27. The van der Waals surface area contributed by atoms with Crippen molar-refractivity contribution in [1.29, 1.82) is 5.26 Å². The van der Waals surface area contributed by atoms with Gasteiger partial charge >= 0.3 is 0 Å². The molecule has 1 heterocycles. The Kier molecular flexibility index (Phi) is 4.73. The first-order chi connectivity index (χ1) is 9.59. The fourth-order valence-corrected chi connectivity index (χ4v) is 4.37. The zero-order chi connectivity index (χ0) is 14.6. The van der Waals surface area contributed by atoms with Gasteiger partial charge in [-0.1, -0.05) is 26.2 Å². The second-order valence-corrected chi connectivity index (χ2v) is 6.88. The Bertz CT molecular complexity index is 584. The topological polar surface area (TPSA) is 74.1 Å². The van der Waals surface area contributed by atoms with Crippen LogP contribution in [-0.2, 0) is 10.0 Å². The Balaban J connectivity index is 2.28. The summed E-state index contributed by atoms with van der Waals surface area (Å²) in [5.74, 6) is 0. The van der Waals surface area contributed by atoms with Crippen LogP contribution in [0.3, 0.4) is 0 Å². The lowest BCUT2D eigenvalue weighted by molar-refractivity contribution is 0.261. The lowest BCUT2D eigenvalue weighted by Gasteiger charge is -2.32. The molecule has 6 heteroatoms. The van der Waals surface area contributed by atoms with Crippen molar-refractivity contribution in [3.05, 3.63) is 24.0 Å². The van der Waals surface area contributed by atoms with E-state index in [1.165, 1.54) is 24.8 Å². The van der Waals surface area contributed by atoms with Gasteiger partial charge in [-0.2, -0.15) is 9.57 Å². The van der Waals surface area contributed by atoms with Crippen molar-refractivity contribution in [2.24, 2.45) is 0 Å². The summed E-state index contributed by atoms with van der Waals surface area (Å²) in [6.07, 6.45) is 6.49. The summed E-state index contributed by atoms with van der Waals surface area (Å²) >= 11 is 0. The Labute approximate surface area is 120 Å². The molecule has 0 bridgehead atoms. The molecule has 0 radical (unpaired) electrons. The van der Waals surface area contributed by atoms with Gasteiger partial charge in [0.2, 0.25) is 10.0 Å². The Hall–Kier alpha value is -1.45. The second-order valence-electron chi connectivity index (χ2n) is 4.99. The van der Waals surface area contributed by atoms with Crippen LogP contribution >= 0.6 is 0 Å². The van der Waals surface area contributed by atoms with Crippen LogP contribution in [0.1, 0.15) is 44.7 Å². The molecule has 1 aliphatic carbocycles. The van der Waals surface area contributed by atoms with E-state index in [0.29, 0.717) is 6.54 Å². The van der Waals surface area contributed by atoms with Crippen LogP contribution in [0.2, 0.25) is 0 Å². The highest BCUT2D eigenvalue weighted by molar-refractivity contribution is 7.89. The number of nitriles is 1. The maximum absolute atomic E-state index is 12.7. The average Bonchev–Trinajstić information content (AvgIpc) is 2.49. The monoisotopic (exact) mass is 293 g/mol. The van der Waals surface area contributed by atoms with Gasteiger partial charge in [-0.15, -0.1) is 0 Å². The molecule has 0 aromatic carbocycles. The summed E-state index contributed by atoms with van der Waals surface area (Å²) in [7, 11) is -3.51. The van der Waals surface area contributed by atoms with Gasteiger partial charge in [0.05, 0.1) is 0 Å². The summed E-state index contributed by atoms with van der Waals surface area (Å²) < 4.78 is 26.9. The zero-order valence-corrected chi connectivity index (χ0v) is 12.4. The van der Waals surface area contributed by atoms with Crippen molar-refractivity contribution >= 4 is 10.0 Å². The molecule has 1 aliphatic rings. The number of nitrogens with zero attached hydrogens (tertiary/aromatic N) is 3. The molecule has 0 aliphatic heterocycles. The van der Waals surface area contributed by atoms with E-state index in [-0.39, 0.29) is 16.6 Å². The largest absolute Gasteiger partial charge is 0.244 e. The van der Waals surface area contributed by atoms with Crippen molar-refractivity contribution in [2.75, 3.05) is 6.54 Å². The minimum absolute atomic E-state index is 0.0920. The van der Waals surface area contributed by atoms with E-state index in [4.69, 9.17) is 5.26 Å². The fraction of sp³-hybridized carbons (Fsp3) is 0.571. The van der Waals surface area contributed by atoms with Gasteiger partial charge in [-0.05, 0) is 25.0 Å². The van der Waals surface area contributed by atoms with Crippen LogP contribution < -0.4 is 0 Å². The first-order valence-corrected chi connectivity index (χ1v) is 8.41.